The molecule has 136 valence electrons. The van der Waals surface area contributed by atoms with Crippen LogP contribution in [0, 0.1) is 12.7 Å². The predicted molar refractivity (Wildman–Crippen MR) is 97.0 cm³/mol. The molecule has 2 aromatic carbocycles. The van der Waals surface area contributed by atoms with Crippen LogP contribution < -0.4 is 20.3 Å². The minimum atomic E-state index is -0.474. The number of halogens is 1. The van der Waals surface area contributed by atoms with Crippen molar-refractivity contribution >= 4 is 23.3 Å². The van der Waals surface area contributed by atoms with Gasteiger partial charge < -0.3 is 20.3 Å². The van der Waals surface area contributed by atoms with Crippen molar-refractivity contribution in [3.63, 3.8) is 0 Å². The summed E-state index contributed by atoms with van der Waals surface area (Å²) in [6, 6.07) is 10.9. The Kier molecular flexibility index (Phi) is 5.06. The van der Waals surface area contributed by atoms with Gasteiger partial charge in [-0.25, -0.2) is 9.18 Å². The molecule has 0 aromatic heterocycles. The second-order valence-corrected chi connectivity index (χ2v) is 6.17. The molecule has 1 saturated heterocycles. The molecule has 0 saturated carbocycles. The fourth-order valence-electron chi connectivity index (χ4n) is 2.86. The van der Waals surface area contributed by atoms with Gasteiger partial charge in [0.15, 0.2) is 0 Å². The molecule has 1 atom stereocenters. The molecule has 26 heavy (non-hydrogen) atoms. The number of aryl methyl sites for hydroxylation is 1. The van der Waals surface area contributed by atoms with Crippen molar-refractivity contribution in [2.24, 2.45) is 0 Å². The van der Waals surface area contributed by atoms with Gasteiger partial charge in [-0.3, -0.25) is 4.79 Å². The lowest BCUT2D eigenvalue weighted by molar-refractivity contribution is -0.117. The molecule has 1 unspecified atom stereocenters. The number of nitrogens with zero attached hydrogens (tertiary/aromatic N) is 1. The first-order valence-electron chi connectivity index (χ1n) is 8.24. The van der Waals surface area contributed by atoms with Crippen LogP contribution in [0.25, 0.3) is 0 Å². The topological polar surface area (TPSA) is 70.7 Å². The van der Waals surface area contributed by atoms with E-state index in [0.717, 1.165) is 5.69 Å². The van der Waals surface area contributed by atoms with Crippen molar-refractivity contribution in [2.75, 3.05) is 23.9 Å². The van der Waals surface area contributed by atoms with Gasteiger partial charge >= 0.3 is 6.03 Å². The number of rotatable bonds is 4. The molecule has 0 radical (unpaired) electrons. The van der Waals surface area contributed by atoms with Gasteiger partial charge in [0.05, 0.1) is 13.2 Å². The minimum absolute atomic E-state index is 0.0788. The normalized spacial score (nSPS) is 16.5. The fraction of sp³-hybridized carbons (Fsp3) is 0.263. The average Bonchev–Trinajstić information content (AvgIpc) is 2.98. The number of nitrogens with one attached hydrogen (secondary N) is 2. The molecule has 1 heterocycles. The summed E-state index contributed by atoms with van der Waals surface area (Å²) in [6.07, 6.45) is 0.201. The monoisotopic (exact) mass is 357 g/mol. The number of anilines is 2. The van der Waals surface area contributed by atoms with Crippen molar-refractivity contribution in [3.05, 3.63) is 53.8 Å². The van der Waals surface area contributed by atoms with Crippen LogP contribution in [0.5, 0.6) is 5.75 Å². The fourth-order valence-corrected chi connectivity index (χ4v) is 2.86. The van der Waals surface area contributed by atoms with E-state index in [1.807, 2.05) is 6.07 Å². The first-order valence-corrected chi connectivity index (χ1v) is 8.24. The maximum atomic E-state index is 13.6. The third-order valence-electron chi connectivity index (χ3n) is 4.25. The Labute approximate surface area is 150 Å². The predicted octanol–water partition coefficient (Wildman–Crippen LogP) is 3.07. The Morgan fingerprint density at radius 1 is 1.27 bits per heavy atom. The standard InChI is InChI=1S/C19H20FN3O3/c1-12-6-7-13(8-17(12)20)21-19(25)22-14-9-18(24)23(11-14)15-4-3-5-16(10-15)26-2/h3-8,10,14H,9,11H2,1-2H3,(H2,21,22,25). The molecule has 6 nitrogen and oxygen atoms in total. The van der Waals surface area contributed by atoms with Crippen LogP contribution in [0.4, 0.5) is 20.6 Å². The van der Waals surface area contributed by atoms with Crippen molar-refractivity contribution < 1.29 is 18.7 Å². The second-order valence-electron chi connectivity index (χ2n) is 6.17. The number of hydrogen-bond acceptors (Lipinski definition) is 3. The van der Waals surface area contributed by atoms with E-state index in [9.17, 15) is 14.0 Å². The van der Waals surface area contributed by atoms with E-state index in [4.69, 9.17) is 4.74 Å². The Bertz CT molecular complexity index is 841. The highest BCUT2D eigenvalue weighted by atomic mass is 19.1. The number of ether oxygens (including phenoxy) is 1. The van der Waals surface area contributed by atoms with E-state index in [1.54, 1.807) is 49.3 Å². The van der Waals surface area contributed by atoms with Crippen LogP contribution in [0.15, 0.2) is 42.5 Å². The zero-order chi connectivity index (χ0) is 18.7. The molecule has 2 N–H and O–H groups in total. The van der Waals surface area contributed by atoms with Crippen LogP contribution in [-0.4, -0.2) is 31.6 Å². The van der Waals surface area contributed by atoms with Gasteiger partial charge in [-0.1, -0.05) is 12.1 Å². The lowest BCUT2D eigenvalue weighted by atomic mass is 10.2. The first kappa shape index (κ1) is 17.7. The van der Waals surface area contributed by atoms with E-state index in [2.05, 4.69) is 10.6 Å². The Morgan fingerprint density at radius 3 is 2.81 bits per heavy atom. The van der Waals surface area contributed by atoms with Crippen LogP contribution in [-0.2, 0) is 4.79 Å². The highest BCUT2D eigenvalue weighted by molar-refractivity contribution is 5.97. The summed E-state index contributed by atoms with van der Waals surface area (Å²) >= 11 is 0. The number of urea groups is 1. The summed E-state index contributed by atoms with van der Waals surface area (Å²) < 4.78 is 18.7. The van der Waals surface area contributed by atoms with Crippen molar-refractivity contribution in [3.8, 4) is 5.75 Å². The van der Waals surface area contributed by atoms with Crippen LogP contribution in [0.3, 0.4) is 0 Å². The SMILES string of the molecule is COc1cccc(N2CC(NC(=O)Nc3ccc(C)c(F)c3)CC2=O)c1. The number of carbonyl (C=O) groups is 2. The lowest BCUT2D eigenvalue weighted by Crippen LogP contribution is -2.39. The minimum Gasteiger partial charge on any atom is -0.497 e. The Hall–Kier alpha value is -3.09. The maximum Gasteiger partial charge on any atom is 0.319 e. The Morgan fingerprint density at radius 2 is 2.08 bits per heavy atom. The molecule has 0 aliphatic carbocycles. The van der Waals surface area contributed by atoms with Gasteiger partial charge in [0, 0.05) is 30.4 Å². The van der Waals surface area contributed by atoms with Gasteiger partial charge in [-0.2, -0.15) is 0 Å². The third kappa shape index (κ3) is 3.93. The summed E-state index contributed by atoms with van der Waals surface area (Å²) in [7, 11) is 1.56. The van der Waals surface area contributed by atoms with Crippen LogP contribution >= 0.6 is 0 Å². The van der Waals surface area contributed by atoms with E-state index < -0.39 is 6.03 Å². The maximum absolute atomic E-state index is 13.6. The summed E-state index contributed by atoms with van der Waals surface area (Å²) in [5, 5.41) is 5.34. The van der Waals surface area contributed by atoms with E-state index in [1.165, 1.54) is 6.07 Å². The summed E-state index contributed by atoms with van der Waals surface area (Å²) in [5.74, 6) is 0.193. The van der Waals surface area contributed by atoms with Gasteiger partial charge in [-0.05, 0) is 36.8 Å². The highest BCUT2D eigenvalue weighted by Crippen LogP contribution is 2.25. The lowest BCUT2D eigenvalue weighted by Gasteiger charge is -2.18. The van der Waals surface area contributed by atoms with E-state index in [-0.39, 0.29) is 24.2 Å². The summed E-state index contributed by atoms with van der Waals surface area (Å²) in [5.41, 5.74) is 1.59. The summed E-state index contributed by atoms with van der Waals surface area (Å²) in [4.78, 5) is 26.0. The van der Waals surface area contributed by atoms with Gasteiger partial charge in [0.25, 0.3) is 0 Å². The molecule has 2 aromatic rings. The molecule has 1 fully saturated rings. The molecule has 1 aliphatic rings. The van der Waals surface area contributed by atoms with Gasteiger partial charge in [0.2, 0.25) is 5.91 Å². The first-order chi connectivity index (χ1) is 12.5. The second kappa shape index (κ2) is 7.43. The van der Waals surface area contributed by atoms with Gasteiger partial charge in [0.1, 0.15) is 11.6 Å². The zero-order valence-electron chi connectivity index (χ0n) is 14.6. The van der Waals surface area contributed by atoms with Crippen LogP contribution in [0.2, 0.25) is 0 Å². The molecule has 0 spiro atoms. The molecular formula is C19H20FN3O3. The van der Waals surface area contributed by atoms with E-state index >= 15 is 0 Å². The molecule has 3 amide bonds. The zero-order valence-corrected chi connectivity index (χ0v) is 14.6. The molecule has 0 bridgehead atoms. The smallest absolute Gasteiger partial charge is 0.319 e. The number of benzene rings is 2. The molecule has 7 heteroatoms. The number of amides is 3. The van der Waals surface area contributed by atoms with Crippen LogP contribution in [0.1, 0.15) is 12.0 Å². The molecule has 3 rings (SSSR count). The molecular weight excluding hydrogens is 337 g/mol. The van der Waals surface area contributed by atoms with Gasteiger partial charge in [-0.15, -0.1) is 0 Å². The molecule has 1 aliphatic heterocycles. The van der Waals surface area contributed by atoms with Crippen molar-refractivity contribution in [2.45, 2.75) is 19.4 Å². The highest BCUT2D eigenvalue weighted by Gasteiger charge is 2.31. The summed E-state index contributed by atoms with van der Waals surface area (Å²) in [6.45, 7) is 2.01. The third-order valence-corrected chi connectivity index (χ3v) is 4.25. The quantitative estimate of drug-likeness (QED) is 0.883. The van der Waals surface area contributed by atoms with E-state index in [0.29, 0.717) is 23.5 Å². The number of hydrogen-bond donors (Lipinski definition) is 2. The largest absolute Gasteiger partial charge is 0.497 e. The Balaban J connectivity index is 1.61. The van der Waals surface area contributed by atoms with Crippen molar-refractivity contribution in [1.82, 2.24) is 5.32 Å². The van der Waals surface area contributed by atoms with Crippen molar-refractivity contribution in [1.29, 1.82) is 0 Å². The average molecular weight is 357 g/mol. The number of carbonyl (C=O) groups excluding carboxylic acids is 2. The number of methoxy groups -OCH3 is 1.